The smallest absolute Gasteiger partial charge is 0.251 e. The van der Waals surface area contributed by atoms with Gasteiger partial charge in [-0.1, -0.05) is 13.3 Å². The molecule has 0 aliphatic rings. The Morgan fingerprint density at radius 2 is 1.82 bits per heavy atom. The van der Waals surface area contributed by atoms with Gasteiger partial charge in [0.25, 0.3) is 5.91 Å². The third-order valence-electron chi connectivity index (χ3n) is 2.93. The van der Waals surface area contributed by atoms with Crippen molar-refractivity contribution in [3.8, 4) is 5.75 Å². The van der Waals surface area contributed by atoms with Crippen molar-refractivity contribution in [2.75, 3.05) is 25.4 Å². The summed E-state index contributed by atoms with van der Waals surface area (Å²) in [6.07, 6.45) is 1.46. The summed E-state index contributed by atoms with van der Waals surface area (Å²) in [5, 5.41) is 2.67. The molecule has 1 amide bonds. The fourth-order valence-electron chi connectivity index (χ4n) is 1.76. The molecule has 0 saturated carbocycles. The highest BCUT2D eigenvalue weighted by molar-refractivity contribution is 7.89. The SMILES string of the molecule is CCCCS(=O)(=O)NCCNC(=O)c1ccc(OCC)cc1. The lowest BCUT2D eigenvalue weighted by Gasteiger charge is -2.08. The Hall–Kier alpha value is -1.60. The van der Waals surface area contributed by atoms with Crippen molar-refractivity contribution in [2.24, 2.45) is 0 Å². The van der Waals surface area contributed by atoms with E-state index in [0.717, 1.165) is 6.42 Å². The Morgan fingerprint density at radius 3 is 2.41 bits per heavy atom. The van der Waals surface area contributed by atoms with Gasteiger partial charge >= 0.3 is 0 Å². The molecular weight excluding hydrogens is 304 g/mol. The van der Waals surface area contributed by atoms with Crippen molar-refractivity contribution in [1.82, 2.24) is 10.0 Å². The first-order chi connectivity index (χ1) is 10.5. The van der Waals surface area contributed by atoms with Crippen LogP contribution < -0.4 is 14.8 Å². The highest BCUT2D eigenvalue weighted by Crippen LogP contribution is 2.11. The van der Waals surface area contributed by atoms with E-state index in [9.17, 15) is 13.2 Å². The summed E-state index contributed by atoms with van der Waals surface area (Å²) in [6, 6.07) is 6.80. The second-order valence-corrected chi connectivity index (χ2v) is 6.71. The van der Waals surface area contributed by atoms with Crippen molar-refractivity contribution < 1.29 is 17.9 Å². The van der Waals surface area contributed by atoms with Gasteiger partial charge in [-0.25, -0.2) is 13.1 Å². The summed E-state index contributed by atoms with van der Waals surface area (Å²) in [4.78, 5) is 11.9. The van der Waals surface area contributed by atoms with Gasteiger partial charge in [0.2, 0.25) is 10.0 Å². The van der Waals surface area contributed by atoms with Gasteiger partial charge in [-0.3, -0.25) is 4.79 Å². The summed E-state index contributed by atoms with van der Waals surface area (Å²) in [5.74, 6) is 0.592. The van der Waals surface area contributed by atoms with Crippen molar-refractivity contribution in [1.29, 1.82) is 0 Å². The Bertz CT molecular complexity index is 555. The second kappa shape index (κ2) is 9.42. The minimum absolute atomic E-state index is 0.121. The molecule has 0 aromatic heterocycles. The van der Waals surface area contributed by atoms with E-state index in [1.54, 1.807) is 24.3 Å². The number of amides is 1. The summed E-state index contributed by atoms with van der Waals surface area (Å²) >= 11 is 0. The zero-order valence-corrected chi connectivity index (χ0v) is 13.9. The lowest BCUT2D eigenvalue weighted by molar-refractivity contribution is 0.0954. The molecule has 0 aliphatic carbocycles. The lowest BCUT2D eigenvalue weighted by atomic mass is 10.2. The van der Waals surface area contributed by atoms with Gasteiger partial charge in [0.15, 0.2) is 0 Å². The molecule has 0 saturated heterocycles. The van der Waals surface area contributed by atoms with Crippen LogP contribution in [0.15, 0.2) is 24.3 Å². The maximum atomic E-state index is 11.9. The molecule has 0 bridgehead atoms. The van der Waals surface area contributed by atoms with Gasteiger partial charge in [-0.05, 0) is 37.6 Å². The van der Waals surface area contributed by atoms with Crippen LogP contribution in [-0.2, 0) is 10.0 Å². The number of benzene rings is 1. The van der Waals surface area contributed by atoms with Gasteiger partial charge in [-0.15, -0.1) is 0 Å². The van der Waals surface area contributed by atoms with Gasteiger partial charge in [-0.2, -0.15) is 0 Å². The zero-order valence-electron chi connectivity index (χ0n) is 13.1. The molecule has 1 rings (SSSR count). The highest BCUT2D eigenvalue weighted by atomic mass is 32.2. The predicted octanol–water partition coefficient (Wildman–Crippen LogP) is 1.53. The molecule has 0 aliphatic heterocycles. The van der Waals surface area contributed by atoms with E-state index < -0.39 is 10.0 Å². The average Bonchev–Trinajstić information content (AvgIpc) is 2.50. The molecule has 0 radical (unpaired) electrons. The standard InChI is InChI=1S/C15H24N2O4S/c1-3-5-12-22(19,20)17-11-10-16-15(18)13-6-8-14(9-7-13)21-4-2/h6-9,17H,3-5,10-12H2,1-2H3,(H,16,18). The number of rotatable bonds is 10. The monoisotopic (exact) mass is 328 g/mol. The van der Waals surface area contributed by atoms with Gasteiger partial charge in [0.05, 0.1) is 12.4 Å². The Kier molecular flexibility index (Phi) is 7.90. The van der Waals surface area contributed by atoms with E-state index in [-0.39, 0.29) is 24.7 Å². The Balaban J connectivity index is 2.34. The first-order valence-corrected chi connectivity index (χ1v) is 9.12. The van der Waals surface area contributed by atoms with E-state index >= 15 is 0 Å². The van der Waals surface area contributed by atoms with Crippen LogP contribution in [0.1, 0.15) is 37.0 Å². The maximum Gasteiger partial charge on any atom is 0.251 e. The fourth-order valence-corrected chi connectivity index (χ4v) is 2.99. The Labute approximate surface area is 132 Å². The summed E-state index contributed by atoms with van der Waals surface area (Å²) < 4.78 is 30.9. The van der Waals surface area contributed by atoms with Crippen molar-refractivity contribution in [3.63, 3.8) is 0 Å². The summed E-state index contributed by atoms with van der Waals surface area (Å²) in [7, 11) is -3.24. The van der Waals surface area contributed by atoms with E-state index in [1.807, 2.05) is 13.8 Å². The number of ether oxygens (including phenoxy) is 1. The van der Waals surface area contributed by atoms with Crippen LogP contribution in [0.25, 0.3) is 0 Å². The second-order valence-electron chi connectivity index (χ2n) is 4.78. The molecule has 7 heteroatoms. The lowest BCUT2D eigenvalue weighted by Crippen LogP contribution is -2.35. The molecule has 0 fully saturated rings. The third-order valence-corrected chi connectivity index (χ3v) is 4.40. The molecule has 0 atom stereocenters. The van der Waals surface area contributed by atoms with Gasteiger partial charge in [0.1, 0.15) is 5.75 Å². The number of hydrogen-bond acceptors (Lipinski definition) is 4. The predicted molar refractivity (Wildman–Crippen MR) is 86.6 cm³/mol. The van der Waals surface area contributed by atoms with E-state index in [4.69, 9.17) is 4.74 Å². The van der Waals surface area contributed by atoms with Crippen LogP contribution in [0, 0.1) is 0 Å². The number of carbonyl (C=O) groups is 1. The minimum atomic E-state index is -3.24. The normalized spacial score (nSPS) is 11.2. The topological polar surface area (TPSA) is 84.5 Å². The molecule has 0 heterocycles. The van der Waals surface area contributed by atoms with Crippen LogP contribution in [-0.4, -0.2) is 39.8 Å². The van der Waals surface area contributed by atoms with Crippen LogP contribution in [0.5, 0.6) is 5.75 Å². The number of nitrogens with one attached hydrogen (secondary N) is 2. The van der Waals surface area contributed by atoms with Crippen molar-refractivity contribution >= 4 is 15.9 Å². The first-order valence-electron chi connectivity index (χ1n) is 7.47. The molecule has 1 aromatic rings. The van der Waals surface area contributed by atoms with E-state index in [2.05, 4.69) is 10.0 Å². The molecule has 1 aromatic carbocycles. The molecule has 0 unspecified atom stereocenters. The number of unbranched alkanes of at least 4 members (excludes halogenated alkanes) is 1. The fraction of sp³-hybridized carbons (Fsp3) is 0.533. The molecule has 22 heavy (non-hydrogen) atoms. The summed E-state index contributed by atoms with van der Waals surface area (Å²) in [5.41, 5.74) is 0.511. The van der Waals surface area contributed by atoms with Crippen LogP contribution in [0.3, 0.4) is 0 Å². The third kappa shape index (κ3) is 6.91. The van der Waals surface area contributed by atoms with Crippen LogP contribution >= 0.6 is 0 Å². The highest BCUT2D eigenvalue weighted by Gasteiger charge is 2.09. The number of hydrogen-bond donors (Lipinski definition) is 2. The molecule has 6 nitrogen and oxygen atoms in total. The molecule has 2 N–H and O–H groups in total. The Morgan fingerprint density at radius 1 is 1.14 bits per heavy atom. The van der Waals surface area contributed by atoms with Crippen molar-refractivity contribution in [2.45, 2.75) is 26.7 Å². The molecule has 124 valence electrons. The first kappa shape index (κ1) is 18.4. The number of carbonyl (C=O) groups excluding carboxylic acids is 1. The minimum Gasteiger partial charge on any atom is -0.494 e. The summed E-state index contributed by atoms with van der Waals surface area (Å²) in [6.45, 7) is 4.84. The quantitative estimate of drug-likeness (QED) is 0.638. The largest absolute Gasteiger partial charge is 0.494 e. The maximum absolute atomic E-state index is 11.9. The number of sulfonamides is 1. The van der Waals surface area contributed by atoms with E-state index in [0.29, 0.717) is 24.3 Å². The molecular formula is C15H24N2O4S. The van der Waals surface area contributed by atoms with Gasteiger partial charge < -0.3 is 10.1 Å². The van der Waals surface area contributed by atoms with E-state index in [1.165, 1.54) is 0 Å². The zero-order chi connectivity index (χ0) is 16.4. The van der Waals surface area contributed by atoms with Crippen LogP contribution in [0.4, 0.5) is 0 Å². The molecule has 0 spiro atoms. The van der Waals surface area contributed by atoms with Crippen molar-refractivity contribution in [3.05, 3.63) is 29.8 Å². The average molecular weight is 328 g/mol. The van der Waals surface area contributed by atoms with Gasteiger partial charge in [0, 0.05) is 18.7 Å². The van der Waals surface area contributed by atoms with Crippen LogP contribution in [0.2, 0.25) is 0 Å².